The van der Waals surface area contributed by atoms with Gasteiger partial charge in [0.1, 0.15) is 0 Å². The van der Waals surface area contributed by atoms with Crippen LogP contribution >= 0.6 is 0 Å². The average molecular weight is 413 g/mol. The number of carbonyl (C=O) groups is 1. The Labute approximate surface area is 180 Å². The molecule has 0 spiro atoms. The van der Waals surface area contributed by atoms with Gasteiger partial charge in [-0.05, 0) is 45.2 Å². The highest BCUT2D eigenvalue weighted by Gasteiger charge is 2.14. The number of amides is 1. The summed E-state index contributed by atoms with van der Waals surface area (Å²) >= 11 is 0. The third-order valence-corrected chi connectivity index (χ3v) is 5.18. The highest BCUT2D eigenvalue weighted by Crippen LogP contribution is 2.14. The molecule has 1 amide bonds. The molecule has 1 aromatic heterocycles. The first-order valence-electron chi connectivity index (χ1n) is 10.6. The number of aliphatic imine (C=N–C) groups is 1. The summed E-state index contributed by atoms with van der Waals surface area (Å²) in [7, 11) is 3.81. The van der Waals surface area contributed by atoms with E-state index in [9.17, 15) is 4.79 Å². The third-order valence-electron chi connectivity index (χ3n) is 5.18. The number of hydrogen-bond donors (Lipinski definition) is 2. The van der Waals surface area contributed by atoms with Gasteiger partial charge >= 0.3 is 0 Å². The average Bonchev–Trinajstić information content (AvgIpc) is 2.94. The molecule has 7 nitrogen and oxygen atoms in total. The number of benzene rings is 1. The molecule has 164 valence electrons. The molecule has 30 heavy (non-hydrogen) atoms. The van der Waals surface area contributed by atoms with E-state index in [2.05, 4.69) is 34.6 Å². The lowest BCUT2D eigenvalue weighted by Gasteiger charge is -2.19. The van der Waals surface area contributed by atoms with Gasteiger partial charge in [-0.1, -0.05) is 30.3 Å². The second-order valence-electron chi connectivity index (χ2n) is 7.77. The second-order valence-corrected chi connectivity index (χ2v) is 7.77. The van der Waals surface area contributed by atoms with E-state index in [0.717, 1.165) is 30.2 Å². The maximum atomic E-state index is 12.4. The van der Waals surface area contributed by atoms with Gasteiger partial charge in [-0.15, -0.1) is 0 Å². The molecule has 0 fully saturated rings. The zero-order valence-corrected chi connectivity index (χ0v) is 19.2. The molecule has 0 aliphatic rings. The predicted molar refractivity (Wildman–Crippen MR) is 122 cm³/mol. The van der Waals surface area contributed by atoms with E-state index in [4.69, 9.17) is 0 Å². The van der Waals surface area contributed by atoms with Crippen LogP contribution in [0.1, 0.15) is 42.8 Å². The van der Waals surface area contributed by atoms with Gasteiger partial charge in [-0.3, -0.25) is 14.5 Å². The van der Waals surface area contributed by atoms with Gasteiger partial charge in [-0.2, -0.15) is 5.10 Å². The number of aromatic nitrogens is 2. The lowest BCUT2D eigenvalue weighted by molar-refractivity contribution is -0.130. The standard InChI is InChI=1S/C23H36N6O/c1-7-24-23(26-17(2)15-21-18(3)27-29(6)19(21)4)25-14-13-22(30)28(5)16-20-11-9-8-10-12-20/h8-12,17H,7,13-16H2,1-6H3,(H2,24,25,26). The minimum Gasteiger partial charge on any atom is -0.357 e. The van der Waals surface area contributed by atoms with Gasteiger partial charge < -0.3 is 15.5 Å². The van der Waals surface area contributed by atoms with Crippen molar-refractivity contribution in [2.75, 3.05) is 20.1 Å². The minimum atomic E-state index is 0.0908. The number of rotatable bonds is 9. The van der Waals surface area contributed by atoms with Gasteiger partial charge in [0.2, 0.25) is 5.91 Å². The van der Waals surface area contributed by atoms with E-state index in [1.807, 2.05) is 63.0 Å². The zero-order chi connectivity index (χ0) is 22.1. The summed E-state index contributed by atoms with van der Waals surface area (Å²) in [5.41, 5.74) is 4.65. The number of carbonyl (C=O) groups excluding carboxylic acids is 1. The molecule has 0 bridgehead atoms. The Morgan fingerprint density at radius 3 is 2.57 bits per heavy atom. The Bertz CT molecular complexity index is 843. The van der Waals surface area contributed by atoms with E-state index in [1.54, 1.807) is 4.90 Å². The van der Waals surface area contributed by atoms with Crippen molar-refractivity contribution in [2.45, 2.75) is 53.1 Å². The summed E-state index contributed by atoms with van der Waals surface area (Å²) in [6.07, 6.45) is 1.25. The van der Waals surface area contributed by atoms with E-state index < -0.39 is 0 Å². The molecule has 1 atom stereocenters. The number of hydrogen-bond acceptors (Lipinski definition) is 3. The first-order chi connectivity index (χ1) is 14.3. The Morgan fingerprint density at radius 1 is 1.27 bits per heavy atom. The minimum absolute atomic E-state index is 0.0908. The summed E-state index contributed by atoms with van der Waals surface area (Å²) in [6.45, 7) is 10.2. The van der Waals surface area contributed by atoms with E-state index in [1.165, 1.54) is 11.3 Å². The molecular formula is C23H36N6O. The summed E-state index contributed by atoms with van der Waals surface area (Å²) < 4.78 is 1.92. The first-order valence-corrected chi connectivity index (χ1v) is 10.6. The van der Waals surface area contributed by atoms with Crippen LogP contribution in [0.4, 0.5) is 0 Å². The summed E-state index contributed by atoms with van der Waals surface area (Å²) in [5, 5.41) is 11.2. The molecule has 2 rings (SSSR count). The van der Waals surface area contributed by atoms with Gasteiger partial charge in [0.25, 0.3) is 0 Å². The molecule has 0 saturated carbocycles. The van der Waals surface area contributed by atoms with Crippen molar-refractivity contribution < 1.29 is 4.79 Å². The van der Waals surface area contributed by atoms with E-state index in [0.29, 0.717) is 19.5 Å². The summed E-state index contributed by atoms with van der Waals surface area (Å²) in [5.74, 6) is 0.829. The lowest BCUT2D eigenvalue weighted by Crippen LogP contribution is -2.43. The van der Waals surface area contributed by atoms with Crippen molar-refractivity contribution in [3.63, 3.8) is 0 Å². The fraction of sp³-hybridized carbons (Fsp3) is 0.522. The maximum Gasteiger partial charge on any atom is 0.224 e. The lowest BCUT2D eigenvalue weighted by atomic mass is 10.1. The third kappa shape index (κ3) is 6.90. The summed E-state index contributed by atoms with van der Waals surface area (Å²) in [4.78, 5) is 18.8. The molecule has 2 N–H and O–H groups in total. The van der Waals surface area contributed by atoms with Crippen molar-refractivity contribution in [2.24, 2.45) is 12.0 Å². The van der Waals surface area contributed by atoms with E-state index >= 15 is 0 Å². The van der Waals surface area contributed by atoms with Crippen molar-refractivity contribution in [1.82, 2.24) is 25.3 Å². The second kappa shape index (κ2) is 11.4. The molecule has 0 radical (unpaired) electrons. The molecule has 7 heteroatoms. The smallest absolute Gasteiger partial charge is 0.224 e. The van der Waals surface area contributed by atoms with Crippen LogP contribution in [-0.2, 0) is 24.8 Å². The Kier molecular flexibility index (Phi) is 8.89. The van der Waals surface area contributed by atoms with Crippen LogP contribution in [0.15, 0.2) is 35.3 Å². The topological polar surface area (TPSA) is 74.6 Å². The number of nitrogens with one attached hydrogen (secondary N) is 2. The van der Waals surface area contributed by atoms with Gasteiger partial charge in [-0.25, -0.2) is 0 Å². The van der Waals surface area contributed by atoms with Crippen LogP contribution in [0.25, 0.3) is 0 Å². The Morgan fingerprint density at radius 2 is 1.97 bits per heavy atom. The van der Waals surface area contributed by atoms with Crippen molar-refractivity contribution >= 4 is 11.9 Å². The molecule has 0 saturated heterocycles. The molecule has 1 unspecified atom stereocenters. The molecule has 0 aliphatic carbocycles. The maximum absolute atomic E-state index is 12.4. The van der Waals surface area contributed by atoms with Crippen LogP contribution < -0.4 is 10.6 Å². The van der Waals surface area contributed by atoms with Gasteiger partial charge in [0.05, 0.1) is 12.2 Å². The zero-order valence-electron chi connectivity index (χ0n) is 19.2. The SMILES string of the molecule is CCNC(=NCCC(=O)N(C)Cc1ccccc1)NC(C)Cc1c(C)nn(C)c1C. The van der Waals surface area contributed by atoms with Crippen molar-refractivity contribution in [1.29, 1.82) is 0 Å². The number of nitrogens with zero attached hydrogens (tertiary/aromatic N) is 4. The highest BCUT2D eigenvalue weighted by molar-refractivity contribution is 5.81. The molecule has 1 aromatic carbocycles. The summed E-state index contributed by atoms with van der Waals surface area (Å²) in [6, 6.07) is 10.2. The fourth-order valence-corrected chi connectivity index (χ4v) is 3.42. The normalized spacial score (nSPS) is 12.5. The van der Waals surface area contributed by atoms with Crippen LogP contribution in [0.5, 0.6) is 0 Å². The predicted octanol–water partition coefficient (Wildman–Crippen LogP) is 2.57. The quantitative estimate of drug-likeness (QED) is 0.490. The molecule has 1 heterocycles. The molecular weight excluding hydrogens is 376 g/mol. The van der Waals surface area contributed by atoms with Crippen LogP contribution in [-0.4, -0.2) is 52.7 Å². The van der Waals surface area contributed by atoms with Crippen molar-refractivity contribution in [3.05, 3.63) is 52.8 Å². The van der Waals surface area contributed by atoms with Crippen LogP contribution in [0.3, 0.4) is 0 Å². The van der Waals surface area contributed by atoms with Crippen molar-refractivity contribution in [3.8, 4) is 0 Å². The Hall–Kier alpha value is -2.83. The number of aryl methyl sites for hydroxylation is 2. The highest BCUT2D eigenvalue weighted by atomic mass is 16.2. The monoisotopic (exact) mass is 412 g/mol. The van der Waals surface area contributed by atoms with Crippen LogP contribution in [0.2, 0.25) is 0 Å². The fourth-order valence-electron chi connectivity index (χ4n) is 3.42. The largest absolute Gasteiger partial charge is 0.357 e. The Balaban J connectivity index is 1.87. The van der Waals surface area contributed by atoms with Gasteiger partial charge in [0.15, 0.2) is 5.96 Å². The van der Waals surface area contributed by atoms with Crippen LogP contribution in [0, 0.1) is 13.8 Å². The number of guanidine groups is 1. The molecule has 0 aliphatic heterocycles. The van der Waals surface area contributed by atoms with E-state index in [-0.39, 0.29) is 11.9 Å². The first kappa shape index (κ1) is 23.4. The molecule has 2 aromatic rings. The van der Waals surface area contributed by atoms with Gasteiger partial charge in [0, 0.05) is 45.3 Å².